The molecule has 1 aromatic heterocycles. The fourth-order valence-corrected chi connectivity index (χ4v) is 6.40. The molecule has 1 aromatic carbocycles. The van der Waals surface area contributed by atoms with Gasteiger partial charge in [-0.2, -0.15) is 0 Å². The molecule has 2 amide bonds. The molecule has 4 rings (SSSR count). The number of nitrogens with one attached hydrogen (secondary N) is 1. The number of fused-ring (bicyclic) bond motifs is 1. The Hall–Kier alpha value is -2.40. The molecule has 160 valence electrons. The van der Waals surface area contributed by atoms with Crippen LogP contribution in [0.4, 0.5) is 11.4 Å². The zero-order valence-corrected chi connectivity index (χ0v) is 18.6. The summed E-state index contributed by atoms with van der Waals surface area (Å²) in [6.07, 6.45) is 0.533. The molecule has 1 N–H and O–H groups in total. The average molecular weight is 450 g/mol. The lowest BCUT2D eigenvalue weighted by molar-refractivity contribution is -0.125. The quantitative estimate of drug-likeness (QED) is 0.705. The molecule has 0 bridgehead atoms. The zero-order valence-electron chi connectivity index (χ0n) is 17.0. The molecule has 0 saturated carbocycles. The second-order valence-electron chi connectivity index (χ2n) is 8.05. The Bertz CT molecular complexity index is 1130. The molecule has 1 atom stereocenters. The van der Waals surface area contributed by atoms with Gasteiger partial charge >= 0.3 is 0 Å². The van der Waals surface area contributed by atoms with Crippen LogP contribution in [0.15, 0.2) is 29.4 Å². The number of hydrogen-bond acceptors (Lipinski definition) is 7. The van der Waals surface area contributed by atoms with Crippen molar-refractivity contribution in [3.05, 3.63) is 30.1 Å². The van der Waals surface area contributed by atoms with E-state index < -0.39 is 15.4 Å². The Kier molecular flexibility index (Phi) is 5.13. The van der Waals surface area contributed by atoms with Crippen molar-refractivity contribution in [3.8, 4) is 0 Å². The van der Waals surface area contributed by atoms with Crippen LogP contribution >= 0.6 is 11.8 Å². The molecule has 2 aliphatic heterocycles. The van der Waals surface area contributed by atoms with Gasteiger partial charge in [-0.3, -0.25) is 14.5 Å². The van der Waals surface area contributed by atoms with Crippen LogP contribution in [-0.2, 0) is 26.5 Å². The molecule has 11 heteroatoms. The van der Waals surface area contributed by atoms with E-state index in [9.17, 15) is 18.0 Å². The molecule has 0 radical (unpaired) electrons. The summed E-state index contributed by atoms with van der Waals surface area (Å²) in [6, 6.07) is 7.20. The zero-order chi connectivity index (χ0) is 21.7. The van der Waals surface area contributed by atoms with Crippen molar-refractivity contribution in [2.24, 2.45) is 7.05 Å². The number of para-hydroxylation sites is 2. The predicted octanol–water partition coefficient (Wildman–Crippen LogP) is 1.57. The van der Waals surface area contributed by atoms with E-state index in [1.807, 2.05) is 6.07 Å². The molecule has 1 fully saturated rings. The van der Waals surface area contributed by atoms with Crippen molar-refractivity contribution < 1.29 is 18.0 Å². The Morgan fingerprint density at radius 1 is 1.30 bits per heavy atom. The summed E-state index contributed by atoms with van der Waals surface area (Å²) in [5.41, 5.74) is 0.223. The normalized spacial score (nSPS) is 21.9. The van der Waals surface area contributed by atoms with E-state index in [0.29, 0.717) is 28.8 Å². The molecule has 0 spiro atoms. The van der Waals surface area contributed by atoms with Crippen molar-refractivity contribution in [3.63, 3.8) is 0 Å². The van der Waals surface area contributed by atoms with Crippen molar-refractivity contribution in [1.29, 1.82) is 0 Å². The average Bonchev–Trinajstić information content (AvgIpc) is 3.22. The third-order valence-corrected chi connectivity index (χ3v) is 8.32. The summed E-state index contributed by atoms with van der Waals surface area (Å²) in [6.45, 7) is 3.42. The first-order chi connectivity index (χ1) is 14.1. The van der Waals surface area contributed by atoms with Gasteiger partial charge in [0.15, 0.2) is 15.0 Å². The highest BCUT2D eigenvalue weighted by atomic mass is 32.2. The summed E-state index contributed by atoms with van der Waals surface area (Å²) < 4.78 is 25.3. The summed E-state index contributed by atoms with van der Waals surface area (Å²) in [5.74, 6) is 0.291. The lowest BCUT2D eigenvalue weighted by Gasteiger charge is -2.42. The Morgan fingerprint density at radius 2 is 2.03 bits per heavy atom. The second-order valence-corrected chi connectivity index (χ2v) is 11.2. The van der Waals surface area contributed by atoms with Crippen LogP contribution in [0, 0.1) is 0 Å². The van der Waals surface area contributed by atoms with Crippen LogP contribution in [0.3, 0.4) is 0 Å². The first-order valence-corrected chi connectivity index (χ1v) is 12.4. The van der Waals surface area contributed by atoms with Crippen LogP contribution in [0.25, 0.3) is 0 Å². The van der Waals surface area contributed by atoms with E-state index in [-0.39, 0.29) is 35.0 Å². The molecule has 1 saturated heterocycles. The second kappa shape index (κ2) is 7.38. The first kappa shape index (κ1) is 20.9. The van der Waals surface area contributed by atoms with Gasteiger partial charge in [-0.15, -0.1) is 10.2 Å². The third kappa shape index (κ3) is 3.60. The van der Waals surface area contributed by atoms with Gasteiger partial charge in [-0.05, 0) is 32.4 Å². The summed E-state index contributed by atoms with van der Waals surface area (Å²) in [5, 5.41) is 11.7. The summed E-state index contributed by atoms with van der Waals surface area (Å²) in [4.78, 5) is 27.2. The number of nitrogens with zero attached hydrogens (tertiary/aromatic N) is 4. The Balaban J connectivity index is 1.52. The number of benzene rings is 1. The monoisotopic (exact) mass is 449 g/mol. The van der Waals surface area contributed by atoms with Crippen molar-refractivity contribution in [2.75, 3.05) is 27.5 Å². The molecule has 30 heavy (non-hydrogen) atoms. The van der Waals surface area contributed by atoms with Crippen LogP contribution in [0.2, 0.25) is 0 Å². The standard InChI is InChI=1S/C19H23N5O4S2/c1-19(2)17(26)20-13-6-4-5-7-14(13)24(19)15(25)10-29-18-22-21-16(23(18)3)12-8-9-30(27,28)11-12/h4-7,12H,8-11H2,1-3H3,(H,20,26). The topological polar surface area (TPSA) is 114 Å². The Labute approximate surface area is 179 Å². The summed E-state index contributed by atoms with van der Waals surface area (Å²) >= 11 is 1.22. The smallest absolute Gasteiger partial charge is 0.250 e. The van der Waals surface area contributed by atoms with Gasteiger partial charge in [0.25, 0.3) is 0 Å². The van der Waals surface area contributed by atoms with Crippen LogP contribution < -0.4 is 10.2 Å². The van der Waals surface area contributed by atoms with E-state index in [0.717, 1.165) is 0 Å². The predicted molar refractivity (Wildman–Crippen MR) is 114 cm³/mol. The number of amides is 2. The SMILES string of the molecule is Cn1c(SCC(=O)N2c3ccccc3NC(=O)C2(C)C)nnc1C1CCS(=O)(=O)C1. The minimum atomic E-state index is -3.02. The number of anilines is 2. The molecule has 2 aromatic rings. The van der Waals surface area contributed by atoms with E-state index in [4.69, 9.17) is 0 Å². The fourth-order valence-electron chi connectivity index (χ4n) is 3.90. The van der Waals surface area contributed by atoms with Gasteiger partial charge in [-0.1, -0.05) is 23.9 Å². The lowest BCUT2D eigenvalue weighted by Crippen LogP contribution is -2.59. The van der Waals surface area contributed by atoms with E-state index >= 15 is 0 Å². The molecular formula is C19H23N5O4S2. The minimum Gasteiger partial charge on any atom is -0.322 e. The lowest BCUT2D eigenvalue weighted by atomic mass is 9.96. The molecule has 0 aliphatic carbocycles. The van der Waals surface area contributed by atoms with Gasteiger partial charge in [0.05, 0.1) is 28.6 Å². The molecule has 2 aliphatic rings. The highest BCUT2D eigenvalue weighted by Crippen LogP contribution is 2.37. The summed E-state index contributed by atoms with van der Waals surface area (Å²) in [7, 11) is -1.25. The van der Waals surface area contributed by atoms with Gasteiger partial charge in [-0.25, -0.2) is 8.42 Å². The first-order valence-electron chi connectivity index (χ1n) is 9.56. The molecule has 3 heterocycles. The Morgan fingerprint density at radius 3 is 2.73 bits per heavy atom. The van der Waals surface area contributed by atoms with Crippen LogP contribution in [0.5, 0.6) is 0 Å². The maximum atomic E-state index is 13.1. The van der Waals surface area contributed by atoms with Gasteiger partial charge in [0.1, 0.15) is 11.4 Å². The number of carbonyl (C=O) groups is 2. The van der Waals surface area contributed by atoms with Crippen molar-refractivity contribution in [2.45, 2.75) is 36.9 Å². The van der Waals surface area contributed by atoms with Gasteiger partial charge in [0, 0.05) is 13.0 Å². The number of thioether (sulfide) groups is 1. The van der Waals surface area contributed by atoms with E-state index in [1.165, 1.54) is 16.7 Å². The van der Waals surface area contributed by atoms with E-state index in [2.05, 4.69) is 15.5 Å². The third-order valence-electron chi connectivity index (χ3n) is 5.55. The number of aromatic nitrogens is 3. The van der Waals surface area contributed by atoms with Crippen molar-refractivity contribution in [1.82, 2.24) is 14.8 Å². The molecule has 1 unspecified atom stereocenters. The van der Waals surface area contributed by atoms with Gasteiger partial charge < -0.3 is 9.88 Å². The number of carbonyl (C=O) groups excluding carboxylic acids is 2. The fraction of sp³-hybridized carbons (Fsp3) is 0.474. The largest absolute Gasteiger partial charge is 0.322 e. The highest BCUT2D eigenvalue weighted by Gasteiger charge is 2.43. The van der Waals surface area contributed by atoms with Gasteiger partial charge in [0.2, 0.25) is 11.8 Å². The number of rotatable bonds is 4. The number of hydrogen-bond donors (Lipinski definition) is 1. The van der Waals surface area contributed by atoms with Crippen molar-refractivity contribution >= 4 is 44.8 Å². The highest BCUT2D eigenvalue weighted by molar-refractivity contribution is 7.99. The minimum absolute atomic E-state index is 0.0694. The van der Waals surface area contributed by atoms with Crippen LogP contribution in [0.1, 0.15) is 32.0 Å². The van der Waals surface area contributed by atoms with E-state index in [1.54, 1.807) is 43.7 Å². The maximum Gasteiger partial charge on any atom is 0.250 e. The van der Waals surface area contributed by atoms with Crippen LogP contribution in [-0.4, -0.2) is 57.8 Å². The maximum absolute atomic E-state index is 13.1. The molecular weight excluding hydrogens is 426 g/mol. The number of sulfone groups is 1. The molecule has 9 nitrogen and oxygen atoms in total.